The highest BCUT2D eigenvalue weighted by molar-refractivity contribution is 5.89. The van der Waals surface area contributed by atoms with E-state index < -0.39 is 11.2 Å². The standard InChI is InChI=1S/C26H28N2O2.2C23H22N2O2.2C21H18N2O2/c1-17(2)29-22-10-6-20(7-11-22)24-15-26-25(14-19(24)5)27-16-28(26)21-8-12-23(13-9-21)30-18(3)4;1-23(2,26)18-10-7-16(8-11-18)17-9-12-21-22(13-17)25(15-24-21)19-5-4-6-20(14-19)27-3;1-23(2,26)18-11-8-16(9-12-18)17-10-13-19-21(14-17)25(15-24-19)20-6-4-5-7-22(20)27-3;1-24-18-9-7-17(8-10-18)23-14-22-20-11-6-16(13-21(20)23)15-4-3-5-19(12-15)25-2;1-25-19-9-7-18(8-10-19)23-14-22-20-11-6-17(12-21(20)23)16-4-2-15(13-24)3-5-16/h6-18H,1-5H3;2*4-15,26H,1-3H3;3-14H,1-2H3;2-12,14,24H,13H2,1H3. The number of fused-ring (bicyclic) bond motifs is 5. The highest BCUT2D eigenvalue weighted by Crippen LogP contribution is 2.38. The van der Waals surface area contributed by atoms with Crippen molar-refractivity contribution in [1.82, 2.24) is 47.8 Å². The minimum Gasteiger partial charge on any atom is -0.497 e. The molecule has 0 atom stereocenters. The van der Waals surface area contributed by atoms with Gasteiger partial charge in [-0.05, 0) is 322 Å². The SMILES string of the molecule is COc1ccc(-n2cnc3ccc(-c4ccc(CO)cc4)cc32)cc1.COc1ccc(-n2cnc3ccc(-c4cccc(OC)c4)cc32)cc1.COc1cccc(-n2cnc3ccc(-c4ccc(C(C)(C)O)cc4)cc32)c1.COc1ccccc1-n1cnc2ccc(-c3ccc(C(C)(C)O)cc3)cc21.Cc1cc2ncn(-c3ccc(OC(C)C)cc3)c2cc1-c1ccc(OC(C)C)cc1. The van der Waals surface area contributed by atoms with Crippen molar-refractivity contribution in [3.63, 3.8) is 0 Å². The lowest BCUT2D eigenvalue weighted by Crippen LogP contribution is -2.14. The van der Waals surface area contributed by atoms with Crippen LogP contribution in [0.4, 0.5) is 0 Å². The summed E-state index contributed by atoms with van der Waals surface area (Å²) in [5.74, 6) is 5.90. The first-order chi connectivity index (χ1) is 64.9. The maximum atomic E-state index is 10.2. The van der Waals surface area contributed by atoms with E-state index in [1.807, 2.05) is 300 Å². The summed E-state index contributed by atoms with van der Waals surface area (Å²) >= 11 is 0. The first-order valence-electron chi connectivity index (χ1n) is 44.4. The number of aryl methyl sites for hydroxylation is 1. The van der Waals surface area contributed by atoms with E-state index >= 15 is 0 Å². The number of aliphatic hydroxyl groups is 3. The van der Waals surface area contributed by atoms with Crippen LogP contribution in [-0.4, -0.2) is 111 Å². The van der Waals surface area contributed by atoms with E-state index in [1.165, 1.54) is 16.7 Å². The molecule has 674 valence electrons. The fraction of sp³-hybridized carbons (Fsp3) is 0.167. The smallest absolute Gasteiger partial charge is 0.142 e. The van der Waals surface area contributed by atoms with E-state index in [1.54, 1.807) is 63.2 Å². The number of hydrogen-bond acceptors (Lipinski definition) is 15. The largest absolute Gasteiger partial charge is 0.497 e. The Morgan fingerprint density at radius 2 is 0.619 bits per heavy atom. The second-order valence-electron chi connectivity index (χ2n) is 34.0. The van der Waals surface area contributed by atoms with Gasteiger partial charge in [-0.25, -0.2) is 24.9 Å². The summed E-state index contributed by atoms with van der Waals surface area (Å²) in [5, 5.41) is 29.5. The van der Waals surface area contributed by atoms with Crippen LogP contribution < -0.4 is 33.2 Å². The second kappa shape index (κ2) is 40.6. The molecule has 0 spiro atoms. The third kappa shape index (κ3) is 21.1. The molecular weight excluding hydrogens is 1670 g/mol. The lowest BCUT2D eigenvalue weighted by molar-refractivity contribution is 0.0780. The van der Waals surface area contributed by atoms with Crippen molar-refractivity contribution in [1.29, 1.82) is 0 Å². The number of benzene rings is 15. The Hall–Kier alpha value is -15.9. The molecule has 20 nitrogen and oxygen atoms in total. The predicted octanol–water partition coefficient (Wildman–Crippen LogP) is 25.3. The molecule has 0 radical (unpaired) electrons. The fourth-order valence-corrected chi connectivity index (χ4v) is 16.0. The molecule has 0 saturated heterocycles. The van der Waals surface area contributed by atoms with Gasteiger partial charge >= 0.3 is 0 Å². The van der Waals surface area contributed by atoms with Gasteiger partial charge in [-0.15, -0.1) is 0 Å². The minimum absolute atomic E-state index is 0.0591. The number of rotatable bonds is 22. The molecule has 20 aromatic rings. The van der Waals surface area contributed by atoms with Crippen LogP contribution in [-0.2, 0) is 17.8 Å². The fourth-order valence-electron chi connectivity index (χ4n) is 16.0. The van der Waals surface area contributed by atoms with Gasteiger partial charge in [0.05, 0.1) is 132 Å². The van der Waals surface area contributed by atoms with Crippen LogP contribution >= 0.6 is 0 Å². The van der Waals surface area contributed by atoms with Crippen molar-refractivity contribution in [2.45, 2.75) is 92.3 Å². The van der Waals surface area contributed by atoms with Gasteiger partial charge in [0.25, 0.3) is 0 Å². The number of nitrogens with zero attached hydrogens (tertiary/aromatic N) is 10. The number of imidazole rings is 5. The molecular formula is C114H108N10O10. The summed E-state index contributed by atoms with van der Waals surface area (Å²) in [6.07, 6.45) is 9.55. The summed E-state index contributed by atoms with van der Waals surface area (Å²) in [6, 6.07) is 110. The maximum absolute atomic E-state index is 10.2. The van der Waals surface area contributed by atoms with Crippen LogP contribution in [0.1, 0.15) is 77.6 Å². The van der Waals surface area contributed by atoms with Crippen molar-refractivity contribution < 1.29 is 48.5 Å². The zero-order valence-corrected chi connectivity index (χ0v) is 77.6. The zero-order chi connectivity index (χ0) is 93.7. The topological polar surface area (TPSA) is 214 Å². The molecule has 5 aromatic heterocycles. The van der Waals surface area contributed by atoms with E-state index in [2.05, 4.69) is 141 Å². The Morgan fingerprint density at radius 3 is 1.03 bits per heavy atom. The Labute approximate surface area is 780 Å². The number of hydrogen-bond donors (Lipinski definition) is 3. The molecule has 0 amide bonds. The third-order valence-corrected chi connectivity index (χ3v) is 23.2. The van der Waals surface area contributed by atoms with Crippen molar-refractivity contribution in [2.24, 2.45) is 0 Å². The zero-order valence-electron chi connectivity index (χ0n) is 77.6. The second-order valence-corrected chi connectivity index (χ2v) is 34.0. The van der Waals surface area contributed by atoms with E-state index in [4.69, 9.17) is 33.2 Å². The third-order valence-electron chi connectivity index (χ3n) is 23.2. The number of aromatic nitrogens is 10. The monoisotopic (exact) mass is 1780 g/mol. The highest BCUT2D eigenvalue weighted by atomic mass is 16.5. The average molecular weight is 1780 g/mol. The van der Waals surface area contributed by atoms with Crippen molar-refractivity contribution in [3.8, 4) is 124 Å². The first-order valence-corrected chi connectivity index (χ1v) is 44.4. The summed E-state index contributed by atoms with van der Waals surface area (Å²) in [5.41, 5.74) is 28.6. The molecule has 0 aliphatic heterocycles. The van der Waals surface area contributed by atoms with Crippen LogP contribution in [0, 0.1) is 6.92 Å². The van der Waals surface area contributed by atoms with Gasteiger partial charge in [0.15, 0.2) is 0 Å². The van der Waals surface area contributed by atoms with Gasteiger partial charge in [-0.3, -0.25) is 22.8 Å². The van der Waals surface area contributed by atoms with Gasteiger partial charge in [-0.2, -0.15) is 0 Å². The van der Waals surface area contributed by atoms with Crippen molar-refractivity contribution >= 4 is 55.2 Å². The predicted molar refractivity (Wildman–Crippen MR) is 538 cm³/mol. The summed E-state index contributed by atoms with van der Waals surface area (Å²) < 4.78 is 48.6. The lowest BCUT2D eigenvalue weighted by Gasteiger charge is -2.18. The van der Waals surface area contributed by atoms with Crippen LogP contribution in [0.25, 0.3) is 139 Å². The normalized spacial score (nSPS) is 11.3. The molecule has 0 unspecified atom stereocenters. The Kier molecular flexibility index (Phi) is 27.7. The Morgan fingerprint density at radius 1 is 0.284 bits per heavy atom. The molecule has 20 rings (SSSR count). The molecule has 134 heavy (non-hydrogen) atoms. The molecule has 0 aliphatic carbocycles. The van der Waals surface area contributed by atoms with Gasteiger partial charge in [0.1, 0.15) is 71.9 Å². The molecule has 0 fully saturated rings. The summed E-state index contributed by atoms with van der Waals surface area (Å²) in [4.78, 5) is 22.7. The van der Waals surface area contributed by atoms with Crippen LogP contribution in [0.5, 0.6) is 40.2 Å². The number of methoxy groups -OCH3 is 5. The molecule has 20 heteroatoms. The van der Waals surface area contributed by atoms with Crippen molar-refractivity contribution in [2.75, 3.05) is 35.5 Å². The Balaban J connectivity index is 0.000000122. The maximum Gasteiger partial charge on any atom is 0.142 e. The number of aliphatic hydroxyl groups excluding tert-OH is 1. The number of ether oxygens (including phenoxy) is 7. The highest BCUT2D eigenvalue weighted by Gasteiger charge is 2.21. The van der Waals surface area contributed by atoms with Crippen LogP contribution in [0.2, 0.25) is 0 Å². The molecule has 3 N–H and O–H groups in total. The lowest BCUT2D eigenvalue weighted by atomic mass is 9.95. The van der Waals surface area contributed by atoms with Gasteiger partial charge in [0.2, 0.25) is 0 Å². The quantitative estimate of drug-likeness (QED) is 0.0575. The first kappa shape index (κ1) is 91.4. The molecule has 0 saturated carbocycles. The van der Waals surface area contributed by atoms with Crippen LogP contribution in [0.3, 0.4) is 0 Å². The molecule has 0 bridgehead atoms. The summed E-state index contributed by atoms with van der Waals surface area (Å²) in [7, 11) is 8.35. The summed E-state index contributed by atoms with van der Waals surface area (Å²) in [6.45, 7) is 17.5. The van der Waals surface area contributed by atoms with Crippen LogP contribution in [0.15, 0.2) is 359 Å². The van der Waals surface area contributed by atoms with E-state index in [0.717, 1.165) is 185 Å². The van der Waals surface area contributed by atoms with Gasteiger partial charge in [-0.1, -0.05) is 140 Å². The van der Waals surface area contributed by atoms with Gasteiger partial charge < -0.3 is 48.5 Å². The molecule has 15 aromatic carbocycles. The number of para-hydroxylation sites is 2. The minimum atomic E-state index is -0.842. The molecule has 0 aliphatic rings. The van der Waals surface area contributed by atoms with Gasteiger partial charge in [0, 0.05) is 23.1 Å². The van der Waals surface area contributed by atoms with E-state index in [0.29, 0.717) is 0 Å². The van der Waals surface area contributed by atoms with E-state index in [-0.39, 0.29) is 18.8 Å². The Bertz CT molecular complexity index is 7390. The van der Waals surface area contributed by atoms with Crippen molar-refractivity contribution in [3.05, 3.63) is 381 Å². The molecule has 5 heterocycles. The average Bonchev–Trinajstić information content (AvgIpc) is 1.60. The van der Waals surface area contributed by atoms with E-state index in [9.17, 15) is 15.3 Å².